The fourth-order valence-electron chi connectivity index (χ4n) is 4.96. The number of nitrogens with two attached hydrogens (primary N) is 1. The number of fused-ring (bicyclic) bond motifs is 4. The van der Waals surface area contributed by atoms with Gasteiger partial charge in [0.2, 0.25) is 5.55 Å². The van der Waals surface area contributed by atoms with Gasteiger partial charge in [0.1, 0.15) is 16.9 Å². The molecule has 4 nitrogen and oxygen atoms in total. The third kappa shape index (κ3) is 2.08. The summed E-state index contributed by atoms with van der Waals surface area (Å²) in [5, 5.41) is 5.11. The lowest BCUT2D eigenvalue weighted by Gasteiger charge is -2.41. The Morgan fingerprint density at radius 3 is 2.58 bits per heavy atom. The lowest BCUT2D eigenvalue weighted by molar-refractivity contribution is 0.0109. The van der Waals surface area contributed by atoms with Crippen molar-refractivity contribution in [1.29, 1.82) is 0 Å². The smallest absolute Gasteiger partial charge is 0.239 e. The van der Waals surface area contributed by atoms with E-state index in [4.69, 9.17) is 15.0 Å². The van der Waals surface area contributed by atoms with E-state index in [0.717, 1.165) is 43.4 Å². The van der Waals surface area contributed by atoms with Gasteiger partial charge in [-0.05, 0) is 75.0 Å². The molecular formula is C20H24N2O2. The van der Waals surface area contributed by atoms with Crippen molar-refractivity contribution < 1.29 is 9.15 Å². The highest BCUT2D eigenvalue weighted by atomic mass is 16.5. The summed E-state index contributed by atoms with van der Waals surface area (Å²) in [4.78, 5) is 0. The monoisotopic (exact) mass is 324 g/mol. The highest BCUT2D eigenvalue weighted by molar-refractivity contribution is 5.84. The zero-order valence-electron chi connectivity index (χ0n) is 14.1. The largest absolute Gasteiger partial charge is 0.487 e. The standard InChI is InChI=1S/C20H24N2O2/c21-22-19-15-6-4-5-14(15)16-11-13-7-10-20(8-2-1-3-9-20)24-17(13)12-18(16)23-19/h11-12H,1-10,21H2. The van der Waals surface area contributed by atoms with Crippen LogP contribution < -0.4 is 16.1 Å². The molecule has 1 aliphatic heterocycles. The van der Waals surface area contributed by atoms with Gasteiger partial charge in [-0.2, -0.15) is 0 Å². The van der Waals surface area contributed by atoms with E-state index < -0.39 is 0 Å². The molecule has 1 aromatic carbocycles. The number of nitrogens with zero attached hydrogens (tertiary/aromatic N) is 1. The van der Waals surface area contributed by atoms with E-state index in [0.29, 0.717) is 5.55 Å². The van der Waals surface area contributed by atoms with Crippen LogP contribution in [0, 0.1) is 0 Å². The maximum absolute atomic E-state index is 6.54. The van der Waals surface area contributed by atoms with Crippen LogP contribution in [0.25, 0.3) is 11.0 Å². The number of ether oxygens (including phenoxy) is 1. The fraction of sp³-hybridized carbons (Fsp3) is 0.550. The van der Waals surface area contributed by atoms with Crippen molar-refractivity contribution in [3.63, 3.8) is 0 Å². The molecule has 1 fully saturated rings. The van der Waals surface area contributed by atoms with Crippen LogP contribution >= 0.6 is 0 Å². The molecule has 5 rings (SSSR count). The summed E-state index contributed by atoms with van der Waals surface area (Å²) < 4.78 is 12.6. The molecule has 24 heavy (non-hydrogen) atoms. The Morgan fingerprint density at radius 1 is 0.917 bits per heavy atom. The number of hydrogen-bond acceptors (Lipinski definition) is 4. The Morgan fingerprint density at radius 2 is 1.75 bits per heavy atom. The Balaban J connectivity index is 1.65. The summed E-state index contributed by atoms with van der Waals surface area (Å²) in [5.74, 6) is 6.58. The summed E-state index contributed by atoms with van der Waals surface area (Å²) in [6.07, 6.45) is 11.8. The van der Waals surface area contributed by atoms with Gasteiger partial charge in [0.15, 0.2) is 0 Å². The minimum absolute atomic E-state index is 0.0662. The maximum atomic E-state index is 6.54. The van der Waals surface area contributed by atoms with E-state index in [2.05, 4.69) is 17.2 Å². The molecule has 1 saturated carbocycles. The third-order valence-corrected chi connectivity index (χ3v) is 6.23. The highest BCUT2D eigenvalue weighted by Gasteiger charge is 2.37. The van der Waals surface area contributed by atoms with Crippen LogP contribution in [0.15, 0.2) is 21.7 Å². The molecule has 126 valence electrons. The number of rotatable bonds is 0. The first kappa shape index (κ1) is 14.4. The first-order valence-electron chi connectivity index (χ1n) is 9.32. The molecule has 0 saturated heterocycles. The molecule has 0 unspecified atom stereocenters. The van der Waals surface area contributed by atoms with Crippen LogP contribution in [-0.2, 0) is 19.3 Å². The van der Waals surface area contributed by atoms with E-state index in [1.165, 1.54) is 54.2 Å². The molecular weight excluding hydrogens is 300 g/mol. The van der Waals surface area contributed by atoms with Crippen molar-refractivity contribution in [3.8, 4) is 5.75 Å². The van der Waals surface area contributed by atoms with Gasteiger partial charge in [-0.1, -0.05) is 6.42 Å². The van der Waals surface area contributed by atoms with Crippen molar-refractivity contribution in [1.82, 2.24) is 0 Å². The molecule has 1 spiro atoms. The molecule has 2 heterocycles. The fourth-order valence-corrected chi connectivity index (χ4v) is 4.96. The average Bonchev–Trinajstić information content (AvgIpc) is 3.10. The van der Waals surface area contributed by atoms with E-state index in [9.17, 15) is 0 Å². The maximum Gasteiger partial charge on any atom is 0.239 e. The van der Waals surface area contributed by atoms with E-state index >= 15 is 0 Å². The van der Waals surface area contributed by atoms with Gasteiger partial charge in [0.05, 0.1) is 0 Å². The molecule has 0 bridgehead atoms. The SMILES string of the molecule is NN=c1oc2cc3c(cc2c2c1CCC2)CCC1(CCCCC1)O3. The molecule has 4 heteroatoms. The molecule has 2 aliphatic carbocycles. The summed E-state index contributed by atoms with van der Waals surface area (Å²) in [6, 6.07) is 4.39. The number of hydrogen-bond donors (Lipinski definition) is 1. The predicted molar refractivity (Wildman–Crippen MR) is 92.8 cm³/mol. The topological polar surface area (TPSA) is 60.8 Å². The first-order valence-corrected chi connectivity index (χ1v) is 9.32. The van der Waals surface area contributed by atoms with Crippen LogP contribution in [0.5, 0.6) is 5.75 Å². The lowest BCUT2D eigenvalue weighted by Crippen LogP contribution is -2.41. The molecule has 0 amide bonds. The summed E-state index contributed by atoms with van der Waals surface area (Å²) in [5.41, 5.74) is 5.44. The van der Waals surface area contributed by atoms with Crippen molar-refractivity contribution >= 4 is 11.0 Å². The van der Waals surface area contributed by atoms with E-state index in [-0.39, 0.29) is 5.60 Å². The first-order chi connectivity index (χ1) is 11.8. The zero-order valence-corrected chi connectivity index (χ0v) is 14.1. The van der Waals surface area contributed by atoms with Gasteiger partial charge >= 0.3 is 0 Å². The summed E-state index contributed by atoms with van der Waals surface area (Å²) >= 11 is 0. The Bertz CT molecular complexity index is 875. The lowest BCUT2D eigenvalue weighted by atomic mass is 9.79. The molecule has 1 aromatic heterocycles. The summed E-state index contributed by atoms with van der Waals surface area (Å²) in [6.45, 7) is 0. The van der Waals surface area contributed by atoms with Crippen molar-refractivity contribution in [2.24, 2.45) is 10.9 Å². The molecule has 2 aromatic rings. The van der Waals surface area contributed by atoms with Crippen LogP contribution in [0.1, 0.15) is 61.6 Å². The van der Waals surface area contributed by atoms with Gasteiger partial charge in [-0.3, -0.25) is 0 Å². The second-order valence-corrected chi connectivity index (χ2v) is 7.65. The summed E-state index contributed by atoms with van der Waals surface area (Å²) in [7, 11) is 0. The molecule has 0 radical (unpaired) electrons. The quantitative estimate of drug-likeness (QED) is 0.593. The average molecular weight is 324 g/mol. The third-order valence-electron chi connectivity index (χ3n) is 6.23. The van der Waals surface area contributed by atoms with Crippen molar-refractivity contribution in [2.75, 3.05) is 0 Å². The Labute approximate surface area is 141 Å². The second kappa shape index (κ2) is 5.27. The van der Waals surface area contributed by atoms with Gasteiger partial charge in [-0.25, -0.2) is 0 Å². The van der Waals surface area contributed by atoms with Gasteiger partial charge in [0.25, 0.3) is 0 Å². The minimum atomic E-state index is 0.0662. The molecule has 3 aliphatic rings. The Kier molecular flexibility index (Phi) is 3.15. The molecule has 0 atom stereocenters. The van der Waals surface area contributed by atoms with Gasteiger partial charge in [-0.15, -0.1) is 5.10 Å². The highest BCUT2D eigenvalue weighted by Crippen LogP contribution is 2.43. The van der Waals surface area contributed by atoms with Crippen molar-refractivity contribution in [2.45, 2.75) is 69.8 Å². The van der Waals surface area contributed by atoms with Crippen LogP contribution in [-0.4, -0.2) is 5.60 Å². The second-order valence-electron chi connectivity index (χ2n) is 7.65. The molecule has 2 N–H and O–H groups in total. The van der Waals surface area contributed by atoms with Crippen LogP contribution in [0.4, 0.5) is 0 Å². The van der Waals surface area contributed by atoms with Crippen LogP contribution in [0.2, 0.25) is 0 Å². The predicted octanol–water partition coefficient (Wildman–Crippen LogP) is 3.72. The number of benzene rings is 1. The Hall–Kier alpha value is -1.97. The normalized spacial score (nSPS) is 22.4. The van der Waals surface area contributed by atoms with Gasteiger partial charge < -0.3 is 15.0 Å². The van der Waals surface area contributed by atoms with Gasteiger partial charge in [0, 0.05) is 17.0 Å². The zero-order chi connectivity index (χ0) is 16.1. The van der Waals surface area contributed by atoms with Crippen molar-refractivity contribution in [3.05, 3.63) is 34.4 Å². The number of aryl methyl sites for hydroxylation is 2. The van der Waals surface area contributed by atoms with E-state index in [1.54, 1.807) is 0 Å². The minimum Gasteiger partial charge on any atom is -0.487 e. The van der Waals surface area contributed by atoms with Crippen LogP contribution in [0.3, 0.4) is 0 Å². The van der Waals surface area contributed by atoms with E-state index in [1.807, 2.05) is 0 Å².